The third-order valence-electron chi connectivity index (χ3n) is 3.93. The van der Waals surface area contributed by atoms with Crippen LogP contribution in [0.15, 0.2) is 47.3 Å². The molecule has 0 aliphatic carbocycles. The Balaban J connectivity index is 1.99. The van der Waals surface area contributed by atoms with Gasteiger partial charge < -0.3 is 10.2 Å². The van der Waals surface area contributed by atoms with Crippen molar-refractivity contribution in [2.45, 2.75) is 19.9 Å². The van der Waals surface area contributed by atoms with Crippen LogP contribution in [0.5, 0.6) is 11.5 Å². The highest BCUT2D eigenvalue weighted by Crippen LogP contribution is 2.30. The SMILES string of the molecule is Cc1nc(=O)n(CCC(=O)c2ccccc2)c2cc(O)c(O)cc12. The van der Waals surface area contributed by atoms with Crippen molar-refractivity contribution < 1.29 is 15.0 Å². The van der Waals surface area contributed by atoms with Gasteiger partial charge in [0.1, 0.15) is 0 Å². The van der Waals surface area contributed by atoms with E-state index in [0.29, 0.717) is 22.2 Å². The van der Waals surface area contributed by atoms with Crippen molar-refractivity contribution in [2.75, 3.05) is 0 Å². The molecule has 1 heterocycles. The van der Waals surface area contributed by atoms with Crippen LogP contribution in [0.1, 0.15) is 22.5 Å². The Morgan fingerprint density at radius 2 is 1.79 bits per heavy atom. The van der Waals surface area contributed by atoms with E-state index in [1.54, 1.807) is 31.2 Å². The maximum absolute atomic E-state index is 12.2. The number of nitrogens with zero attached hydrogens (tertiary/aromatic N) is 2. The van der Waals surface area contributed by atoms with Crippen LogP contribution in [-0.2, 0) is 6.54 Å². The maximum Gasteiger partial charge on any atom is 0.348 e. The molecule has 0 bridgehead atoms. The number of aromatic nitrogens is 2. The number of hydrogen-bond acceptors (Lipinski definition) is 5. The van der Waals surface area contributed by atoms with Gasteiger partial charge in [0.15, 0.2) is 17.3 Å². The number of hydrogen-bond donors (Lipinski definition) is 2. The fourth-order valence-corrected chi connectivity index (χ4v) is 2.64. The van der Waals surface area contributed by atoms with Crippen LogP contribution in [-0.4, -0.2) is 25.5 Å². The molecule has 0 aliphatic heterocycles. The molecular formula is C18H16N2O4. The van der Waals surface area contributed by atoms with Gasteiger partial charge in [-0.3, -0.25) is 9.36 Å². The minimum absolute atomic E-state index is 0.0841. The van der Waals surface area contributed by atoms with Crippen LogP contribution in [0, 0.1) is 6.92 Å². The normalized spacial score (nSPS) is 10.9. The lowest BCUT2D eigenvalue weighted by atomic mass is 10.1. The predicted molar refractivity (Wildman–Crippen MR) is 89.5 cm³/mol. The van der Waals surface area contributed by atoms with E-state index in [2.05, 4.69) is 4.98 Å². The first-order valence-corrected chi connectivity index (χ1v) is 7.49. The summed E-state index contributed by atoms with van der Waals surface area (Å²) in [6.45, 7) is 1.79. The molecular weight excluding hydrogens is 308 g/mol. The van der Waals surface area contributed by atoms with E-state index in [1.807, 2.05) is 6.07 Å². The molecule has 2 N–H and O–H groups in total. The van der Waals surface area contributed by atoms with Crippen LogP contribution in [0.25, 0.3) is 10.9 Å². The number of fused-ring (bicyclic) bond motifs is 1. The lowest BCUT2D eigenvalue weighted by Gasteiger charge is -2.12. The quantitative estimate of drug-likeness (QED) is 0.568. The van der Waals surface area contributed by atoms with Crippen LogP contribution >= 0.6 is 0 Å². The molecule has 3 rings (SSSR count). The number of Topliss-reactive ketones (excluding diaryl/α,β-unsaturated/α-hetero) is 1. The zero-order valence-electron chi connectivity index (χ0n) is 13.1. The summed E-state index contributed by atoms with van der Waals surface area (Å²) in [7, 11) is 0. The summed E-state index contributed by atoms with van der Waals surface area (Å²) >= 11 is 0. The smallest absolute Gasteiger partial charge is 0.348 e. The lowest BCUT2D eigenvalue weighted by molar-refractivity contribution is 0.0977. The topological polar surface area (TPSA) is 92.4 Å². The van der Waals surface area contributed by atoms with Crippen molar-refractivity contribution >= 4 is 16.7 Å². The summed E-state index contributed by atoms with van der Waals surface area (Å²) in [6.07, 6.45) is 0.130. The fraction of sp³-hybridized carbons (Fsp3) is 0.167. The number of benzene rings is 2. The zero-order chi connectivity index (χ0) is 17.3. The van der Waals surface area contributed by atoms with Crippen LogP contribution in [0.2, 0.25) is 0 Å². The fourth-order valence-electron chi connectivity index (χ4n) is 2.64. The number of ketones is 1. The molecule has 0 radical (unpaired) electrons. The van der Waals surface area contributed by atoms with Gasteiger partial charge in [-0.25, -0.2) is 4.79 Å². The first-order valence-electron chi connectivity index (χ1n) is 7.49. The monoisotopic (exact) mass is 324 g/mol. The summed E-state index contributed by atoms with van der Waals surface area (Å²) in [4.78, 5) is 28.4. The van der Waals surface area contributed by atoms with Crippen LogP contribution in [0.3, 0.4) is 0 Å². The van der Waals surface area contributed by atoms with Gasteiger partial charge in [0.25, 0.3) is 0 Å². The number of carbonyl (C=O) groups is 1. The molecule has 0 unspecified atom stereocenters. The summed E-state index contributed by atoms with van der Waals surface area (Å²) in [5, 5.41) is 19.9. The first kappa shape index (κ1) is 15.7. The number of phenolic OH excluding ortho intramolecular Hbond substituents is 2. The molecule has 24 heavy (non-hydrogen) atoms. The lowest BCUT2D eigenvalue weighted by Crippen LogP contribution is -2.25. The highest BCUT2D eigenvalue weighted by atomic mass is 16.3. The van der Waals surface area contributed by atoms with Gasteiger partial charge in [0.2, 0.25) is 0 Å². The van der Waals surface area contributed by atoms with Crippen molar-refractivity contribution in [3.8, 4) is 11.5 Å². The number of aromatic hydroxyl groups is 2. The largest absolute Gasteiger partial charge is 0.504 e. The zero-order valence-corrected chi connectivity index (χ0v) is 13.1. The van der Waals surface area contributed by atoms with Crippen LogP contribution < -0.4 is 5.69 Å². The third kappa shape index (κ3) is 2.86. The molecule has 0 spiro atoms. The standard InChI is InChI=1S/C18H16N2O4/c1-11-13-9-16(22)17(23)10-14(13)20(18(24)19-11)8-7-15(21)12-5-3-2-4-6-12/h2-6,9-10,22-23H,7-8H2,1H3. The molecule has 0 saturated heterocycles. The van der Waals surface area contributed by atoms with Gasteiger partial charge >= 0.3 is 5.69 Å². The van der Waals surface area contributed by atoms with Gasteiger partial charge in [0.05, 0.1) is 11.2 Å². The minimum Gasteiger partial charge on any atom is -0.504 e. The Labute approximate surface area is 137 Å². The number of aryl methyl sites for hydroxylation is 2. The Hall–Kier alpha value is -3.15. The number of rotatable bonds is 4. The molecule has 3 aromatic rings. The van der Waals surface area contributed by atoms with E-state index in [-0.39, 0.29) is 30.2 Å². The highest BCUT2D eigenvalue weighted by Gasteiger charge is 2.13. The molecule has 0 amide bonds. The summed E-state index contributed by atoms with van der Waals surface area (Å²) in [5.74, 6) is -0.687. The Bertz CT molecular complexity index is 978. The average molecular weight is 324 g/mol. The van der Waals surface area contributed by atoms with E-state index in [1.165, 1.54) is 16.7 Å². The van der Waals surface area contributed by atoms with Gasteiger partial charge in [0, 0.05) is 30.0 Å². The van der Waals surface area contributed by atoms with Crippen molar-refractivity contribution in [1.82, 2.24) is 9.55 Å². The van der Waals surface area contributed by atoms with Gasteiger partial charge in [-0.1, -0.05) is 30.3 Å². The molecule has 2 aromatic carbocycles. The predicted octanol–water partition coefficient (Wildman–Crippen LogP) is 2.39. The van der Waals surface area contributed by atoms with Gasteiger partial charge in [-0.05, 0) is 13.0 Å². The molecule has 6 heteroatoms. The number of phenols is 2. The molecule has 122 valence electrons. The van der Waals surface area contributed by atoms with Crippen LogP contribution in [0.4, 0.5) is 0 Å². The van der Waals surface area contributed by atoms with Crippen molar-refractivity contribution in [1.29, 1.82) is 0 Å². The number of carbonyl (C=O) groups excluding carboxylic acids is 1. The second-order valence-electron chi connectivity index (χ2n) is 5.53. The molecule has 0 atom stereocenters. The van der Waals surface area contributed by atoms with Crippen molar-refractivity contribution in [3.63, 3.8) is 0 Å². The first-order chi connectivity index (χ1) is 11.5. The maximum atomic E-state index is 12.2. The molecule has 0 saturated carbocycles. The molecule has 1 aromatic heterocycles. The summed E-state index contributed by atoms with van der Waals surface area (Å²) < 4.78 is 1.34. The average Bonchev–Trinajstić information content (AvgIpc) is 2.57. The van der Waals surface area contributed by atoms with Gasteiger partial charge in [-0.15, -0.1) is 0 Å². The van der Waals surface area contributed by atoms with Crippen molar-refractivity contribution in [2.24, 2.45) is 0 Å². The Kier molecular flexibility index (Phi) is 4.04. The molecule has 0 aliphatic rings. The minimum atomic E-state index is -0.494. The van der Waals surface area contributed by atoms with E-state index < -0.39 is 5.69 Å². The Morgan fingerprint density at radius 3 is 2.50 bits per heavy atom. The second-order valence-corrected chi connectivity index (χ2v) is 5.53. The van der Waals surface area contributed by atoms with Crippen molar-refractivity contribution in [3.05, 3.63) is 64.2 Å². The molecule has 0 fully saturated rings. The van der Waals surface area contributed by atoms with E-state index in [9.17, 15) is 19.8 Å². The van der Waals surface area contributed by atoms with E-state index >= 15 is 0 Å². The van der Waals surface area contributed by atoms with E-state index in [0.717, 1.165) is 0 Å². The third-order valence-corrected chi connectivity index (χ3v) is 3.93. The Morgan fingerprint density at radius 1 is 1.12 bits per heavy atom. The highest BCUT2D eigenvalue weighted by molar-refractivity contribution is 5.96. The van der Waals surface area contributed by atoms with E-state index in [4.69, 9.17) is 0 Å². The molecule has 6 nitrogen and oxygen atoms in total. The summed E-state index contributed by atoms with van der Waals surface area (Å²) in [5.41, 5.74) is 0.973. The summed E-state index contributed by atoms with van der Waals surface area (Å²) in [6, 6.07) is 11.5. The second kappa shape index (κ2) is 6.16. The van der Waals surface area contributed by atoms with Gasteiger partial charge in [-0.2, -0.15) is 4.98 Å².